The van der Waals surface area contributed by atoms with Crippen molar-refractivity contribution < 1.29 is 13.7 Å². The molecule has 1 aromatic carbocycles. The first-order chi connectivity index (χ1) is 9.49. The zero-order valence-corrected chi connectivity index (χ0v) is 14.5. The molecule has 118 valence electrons. The van der Waals surface area contributed by atoms with Gasteiger partial charge in [-0.05, 0) is 52.6 Å². The Hall–Kier alpha value is -1.11. The van der Waals surface area contributed by atoms with Gasteiger partial charge in [-0.2, -0.15) is 0 Å². The number of hydrogen-bond donors (Lipinski definition) is 0. The fourth-order valence-electron chi connectivity index (χ4n) is 1.56. The summed E-state index contributed by atoms with van der Waals surface area (Å²) in [5, 5.41) is 0. The summed E-state index contributed by atoms with van der Waals surface area (Å²) in [6.07, 6.45) is -0.931. The van der Waals surface area contributed by atoms with Gasteiger partial charge in [0.1, 0.15) is 5.60 Å². The minimum absolute atomic E-state index is 0.289. The maximum absolute atomic E-state index is 12.3. The topological polar surface area (TPSA) is 59.0 Å². The lowest BCUT2D eigenvalue weighted by Gasteiger charge is -2.17. The third-order valence-electron chi connectivity index (χ3n) is 2.30. The monoisotopic (exact) mass is 332 g/mol. The summed E-state index contributed by atoms with van der Waals surface area (Å²) >= 11 is 0. The van der Waals surface area contributed by atoms with E-state index in [0.717, 1.165) is 12.1 Å². The fraction of sp³-hybridized carbons (Fsp3) is 0.500. The summed E-state index contributed by atoms with van der Waals surface area (Å²) < 4.78 is 20.8. The van der Waals surface area contributed by atoms with Crippen molar-refractivity contribution in [2.75, 3.05) is 14.1 Å². The van der Waals surface area contributed by atoms with Gasteiger partial charge < -0.3 is 9.64 Å². The van der Waals surface area contributed by atoms with Crippen molar-refractivity contribution in [1.82, 2.24) is 4.90 Å². The summed E-state index contributed by atoms with van der Waals surface area (Å²) in [5.74, 6) is 0. The van der Waals surface area contributed by atoms with Crippen molar-refractivity contribution in [2.24, 2.45) is 4.36 Å². The standard InChI is InChI=1S/C14H21ClN2O3S/c1-14(2,3)20-13(18)16-21(15,19)12-8-6-11(7-9-12)10-17(4)5/h6-9H,10H2,1-5H3. The highest BCUT2D eigenvalue weighted by Gasteiger charge is 2.19. The van der Waals surface area contributed by atoms with Crippen LogP contribution in [0.25, 0.3) is 0 Å². The van der Waals surface area contributed by atoms with Crippen LogP contribution in [0.3, 0.4) is 0 Å². The van der Waals surface area contributed by atoms with Gasteiger partial charge in [-0.15, -0.1) is 4.36 Å². The van der Waals surface area contributed by atoms with E-state index in [2.05, 4.69) is 4.36 Å². The van der Waals surface area contributed by atoms with Gasteiger partial charge in [0, 0.05) is 17.2 Å². The van der Waals surface area contributed by atoms with Crippen molar-refractivity contribution in [1.29, 1.82) is 0 Å². The normalized spacial score (nSPS) is 14.6. The molecule has 0 bridgehead atoms. The van der Waals surface area contributed by atoms with Crippen molar-refractivity contribution in [2.45, 2.75) is 37.8 Å². The summed E-state index contributed by atoms with van der Waals surface area (Å²) in [5.41, 5.74) is 0.343. The van der Waals surface area contributed by atoms with E-state index in [-0.39, 0.29) is 4.90 Å². The van der Waals surface area contributed by atoms with Crippen LogP contribution in [0, 0.1) is 0 Å². The molecule has 0 radical (unpaired) electrons. The minimum Gasteiger partial charge on any atom is -0.442 e. The van der Waals surface area contributed by atoms with Gasteiger partial charge >= 0.3 is 6.09 Å². The number of halogens is 1. The number of benzene rings is 1. The second-order valence-electron chi connectivity index (χ2n) is 5.91. The van der Waals surface area contributed by atoms with Gasteiger partial charge in [-0.3, -0.25) is 0 Å². The van der Waals surface area contributed by atoms with Gasteiger partial charge in [0.25, 0.3) is 0 Å². The smallest absolute Gasteiger partial charge is 0.442 e. The second-order valence-corrected chi connectivity index (χ2v) is 8.74. The van der Waals surface area contributed by atoms with E-state index in [1.54, 1.807) is 32.9 Å². The van der Waals surface area contributed by atoms with E-state index in [1.807, 2.05) is 31.1 Å². The molecule has 0 aliphatic carbocycles. The minimum atomic E-state index is -3.32. The number of hydrogen-bond acceptors (Lipinski definition) is 4. The number of carbonyl (C=O) groups excluding carboxylic acids is 1. The second kappa shape index (κ2) is 6.77. The molecule has 7 heteroatoms. The number of rotatable bonds is 3. The van der Waals surface area contributed by atoms with E-state index in [9.17, 15) is 9.00 Å². The van der Waals surface area contributed by atoms with E-state index in [4.69, 9.17) is 15.4 Å². The molecule has 0 heterocycles. The molecule has 1 aromatic rings. The average Bonchev–Trinajstić information content (AvgIpc) is 2.24. The first-order valence-electron chi connectivity index (χ1n) is 6.43. The van der Waals surface area contributed by atoms with E-state index in [0.29, 0.717) is 0 Å². The molecule has 1 amide bonds. The molecule has 1 unspecified atom stereocenters. The van der Waals surface area contributed by atoms with Gasteiger partial charge in [0.05, 0.1) is 4.90 Å². The first kappa shape index (κ1) is 17.9. The summed E-state index contributed by atoms with van der Waals surface area (Å²) in [6, 6.07) is 6.84. The molecule has 0 aliphatic heterocycles. The Bertz CT molecular complexity index is 612. The highest BCUT2D eigenvalue weighted by atomic mass is 35.7. The van der Waals surface area contributed by atoms with Crippen LogP contribution in [0.5, 0.6) is 0 Å². The number of carbonyl (C=O) groups is 1. The van der Waals surface area contributed by atoms with Crippen LogP contribution in [0.4, 0.5) is 4.79 Å². The molecule has 0 saturated carbocycles. The number of ether oxygens (including phenoxy) is 1. The van der Waals surface area contributed by atoms with Crippen LogP contribution in [0.1, 0.15) is 26.3 Å². The van der Waals surface area contributed by atoms with E-state index in [1.165, 1.54) is 0 Å². The third-order valence-corrected chi connectivity index (χ3v) is 4.28. The Balaban J connectivity index is 2.97. The van der Waals surface area contributed by atoms with Crippen LogP contribution in [0.15, 0.2) is 33.5 Å². The number of nitrogens with zero attached hydrogens (tertiary/aromatic N) is 2. The SMILES string of the molecule is CN(C)Cc1ccc(S(=O)(Cl)=NC(=O)OC(C)(C)C)cc1. The molecular formula is C14H21ClN2O3S. The lowest BCUT2D eigenvalue weighted by Crippen LogP contribution is -2.22. The van der Waals surface area contributed by atoms with Gasteiger partial charge in [-0.25, -0.2) is 9.00 Å². The Morgan fingerprint density at radius 2 is 1.81 bits per heavy atom. The Kier molecular flexibility index (Phi) is 5.78. The summed E-state index contributed by atoms with van der Waals surface area (Å²) in [6.45, 7) is 5.86. The predicted molar refractivity (Wildman–Crippen MR) is 84.8 cm³/mol. The largest absolute Gasteiger partial charge is 0.443 e. The van der Waals surface area contributed by atoms with Crippen molar-refractivity contribution in [3.05, 3.63) is 29.8 Å². The predicted octanol–water partition coefficient (Wildman–Crippen LogP) is 3.66. The molecule has 1 rings (SSSR count). The Morgan fingerprint density at radius 3 is 2.24 bits per heavy atom. The van der Waals surface area contributed by atoms with Crippen LogP contribution < -0.4 is 0 Å². The Labute approximate surface area is 130 Å². The lowest BCUT2D eigenvalue weighted by atomic mass is 10.2. The van der Waals surface area contributed by atoms with Crippen LogP contribution in [-0.4, -0.2) is 34.9 Å². The van der Waals surface area contributed by atoms with Crippen LogP contribution in [0.2, 0.25) is 0 Å². The van der Waals surface area contributed by atoms with Gasteiger partial charge in [0.15, 0.2) is 8.94 Å². The highest BCUT2D eigenvalue weighted by molar-refractivity contribution is 8.15. The summed E-state index contributed by atoms with van der Waals surface area (Å²) in [7, 11) is 6.48. The van der Waals surface area contributed by atoms with Crippen molar-refractivity contribution >= 4 is 25.7 Å². The lowest BCUT2D eigenvalue weighted by molar-refractivity contribution is 0.0608. The maximum atomic E-state index is 12.3. The van der Waals surface area contributed by atoms with Gasteiger partial charge in [0.2, 0.25) is 0 Å². The Morgan fingerprint density at radius 1 is 1.29 bits per heavy atom. The zero-order valence-electron chi connectivity index (χ0n) is 12.9. The van der Waals surface area contributed by atoms with E-state index < -0.39 is 20.6 Å². The molecule has 0 fully saturated rings. The van der Waals surface area contributed by atoms with E-state index >= 15 is 0 Å². The van der Waals surface area contributed by atoms with Gasteiger partial charge in [-0.1, -0.05) is 12.1 Å². The molecule has 21 heavy (non-hydrogen) atoms. The quantitative estimate of drug-likeness (QED) is 0.792. The molecule has 0 spiro atoms. The molecule has 0 saturated heterocycles. The molecule has 5 nitrogen and oxygen atoms in total. The summed E-state index contributed by atoms with van der Waals surface area (Å²) in [4.78, 5) is 13.9. The molecule has 0 aliphatic rings. The molecule has 0 aromatic heterocycles. The molecule has 0 N–H and O–H groups in total. The third kappa shape index (κ3) is 6.46. The fourth-order valence-corrected chi connectivity index (χ4v) is 2.84. The number of amides is 1. The maximum Gasteiger partial charge on any atom is 0.443 e. The highest BCUT2D eigenvalue weighted by Crippen LogP contribution is 2.20. The van der Waals surface area contributed by atoms with Crippen molar-refractivity contribution in [3.63, 3.8) is 0 Å². The molecule has 1 atom stereocenters. The van der Waals surface area contributed by atoms with Crippen LogP contribution in [-0.2, 0) is 20.2 Å². The molecular weight excluding hydrogens is 312 g/mol. The van der Waals surface area contributed by atoms with Crippen LogP contribution >= 0.6 is 10.7 Å². The zero-order chi connectivity index (χ0) is 16.3. The van der Waals surface area contributed by atoms with Crippen molar-refractivity contribution in [3.8, 4) is 0 Å². The average molecular weight is 333 g/mol. The first-order valence-corrected chi connectivity index (χ1v) is 8.77.